The first kappa shape index (κ1) is 16.3. The van der Waals surface area contributed by atoms with Gasteiger partial charge in [0.1, 0.15) is 5.69 Å². The monoisotopic (exact) mass is 337 g/mol. The number of nitrogens with one attached hydrogen (secondary N) is 4. The Morgan fingerprint density at radius 3 is 2.28 bits per heavy atom. The highest BCUT2D eigenvalue weighted by atomic mass is 15.3. The van der Waals surface area contributed by atoms with Crippen molar-refractivity contribution >= 4 is 40.2 Å². The van der Waals surface area contributed by atoms with Crippen molar-refractivity contribution in [3.05, 3.63) is 54.7 Å². The van der Waals surface area contributed by atoms with Crippen molar-refractivity contribution in [1.82, 2.24) is 9.97 Å². The quantitative estimate of drug-likeness (QED) is 0.204. The van der Waals surface area contributed by atoms with Crippen LogP contribution in [0.1, 0.15) is 0 Å². The number of hydrogen-bond acceptors (Lipinski definition) is 9. The lowest BCUT2D eigenvalue weighted by molar-refractivity contribution is 1.15. The Morgan fingerprint density at radius 1 is 0.800 bits per heavy atom. The Hall–Kier alpha value is -3.56. The zero-order valence-electron chi connectivity index (χ0n) is 13.3. The van der Waals surface area contributed by atoms with E-state index in [0.717, 1.165) is 11.4 Å². The van der Waals surface area contributed by atoms with E-state index in [1.807, 2.05) is 30.3 Å². The van der Waals surface area contributed by atoms with Gasteiger partial charge in [0.15, 0.2) is 5.82 Å². The van der Waals surface area contributed by atoms with Crippen LogP contribution in [-0.2, 0) is 0 Å². The topological polar surface area (TPSA) is 152 Å². The van der Waals surface area contributed by atoms with Crippen molar-refractivity contribution in [2.75, 3.05) is 27.2 Å². The number of nitrogen functional groups attached to an aromatic ring is 3. The lowest BCUT2D eigenvalue weighted by Crippen LogP contribution is -2.12. The van der Waals surface area contributed by atoms with Crippen molar-refractivity contribution in [2.45, 2.75) is 0 Å². The minimum atomic E-state index is 0.394. The standard InChI is InChI=1S/C16H19N9/c17-12-7-6-11(8-13(12)24-18)22-16-20-9-14(25-19)15(23-16)21-10-4-2-1-3-5-10/h1-9,24-25H,17-19H2,(H2,20,21,22,23). The summed E-state index contributed by atoms with van der Waals surface area (Å²) in [6, 6.07) is 14.9. The molecule has 0 aliphatic heterocycles. The maximum Gasteiger partial charge on any atom is 0.229 e. The minimum absolute atomic E-state index is 0.394. The van der Waals surface area contributed by atoms with Crippen LogP contribution in [0.15, 0.2) is 54.7 Å². The first-order valence-corrected chi connectivity index (χ1v) is 7.48. The Bertz CT molecular complexity index is 851. The molecule has 3 aromatic rings. The van der Waals surface area contributed by atoms with Crippen molar-refractivity contribution < 1.29 is 0 Å². The smallest absolute Gasteiger partial charge is 0.229 e. The molecule has 0 aliphatic rings. The van der Waals surface area contributed by atoms with Gasteiger partial charge < -0.3 is 27.2 Å². The van der Waals surface area contributed by atoms with Crippen LogP contribution in [0.25, 0.3) is 0 Å². The number of hydrogen-bond donors (Lipinski definition) is 7. The number of nitrogens with two attached hydrogens (primary N) is 3. The summed E-state index contributed by atoms with van der Waals surface area (Å²) in [5, 5.41) is 6.30. The highest BCUT2D eigenvalue weighted by Crippen LogP contribution is 2.26. The molecular weight excluding hydrogens is 318 g/mol. The highest BCUT2D eigenvalue weighted by molar-refractivity contribution is 5.74. The van der Waals surface area contributed by atoms with Crippen LogP contribution in [0, 0.1) is 0 Å². The second-order valence-electron chi connectivity index (χ2n) is 5.16. The molecular formula is C16H19N9. The predicted octanol–water partition coefficient (Wildman–Crippen LogP) is 2.12. The van der Waals surface area contributed by atoms with E-state index in [4.69, 9.17) is 17.4 Å². The molecule has 0 fully saturated rings. The summed E-state index contributed by atoms with van der Waals surface area (Å²) >= 11 is 0. The van der Waals surface area contributed by atoms with E-state index < -0.39 is 0 Å². The normalized spacial score (nSPS) is 10.2. The maximum absolute atomic E-state index is 5.81. The average molecular weight is 337 g/mol. The molecule has 10 N–H and O–H groups in total. The van der Waals surface area contributed by atoms with E-state index >= 15 is 0 Å². The average Bonchev–Trinajstić information content (AvgIpc) is 2.64. The Labute approximate surface area is 144 Å². The second-order valence-corrected chi connectivity index (χ2v) is 5.16. The molecule has 0 saturated heterocycles. The Balaban J connectivity index is 1.86. The van der Waals surface area contributed by atoms with Crippen LogP contribution in [0.5, 0.6) is 0 Å². The molecule has 1 aromatic heterocycles. The van der Waals surface area contributed by atoms with Crippen molar-refractivity contribution in [3.8, 4) is 0 Å². The number of benzene rings is 2. The molecule has 0 amide bonds. The van der Waals surface area contributed by atoms with Gasteiger partial charge in [0.05, 0.1) is 17.6 Å². The zero-order chi connectivity index (χ0) is 17.6. The Kier molecular flexibility index (Phi) is 4.79. The van der Waals surface area contributed by atoms with E-state index in [2.05, 4.69) is 31.5 Å². The zero-order valence-corrected chi connectivity index (χ0v) is 13.3. The molecule has 1 heterocycles. The predicted molar refractivity (Wildman–Crippen MR) is 102 cm³/mol. The van der Waals surface area contributed by atoms with Gasteiger partial charge in [-0.1, -0.05) is 18.2 Å². The molecule has 0 unspecified atom stereocenters. The molecule has 2 aromatic carbocycles. The van der Waals surface area contributed by atoms with Crippen LogP contribution >= 0.6 is 0 Å². The summed E-state index contributed by atoms with van der Waals surface area (Å²) in [6.07, 6.45) is 1.58. The van der Waals surface area contributed by atoms with Crippen molar-refractivity contribution in [3.63, 3.8) is 0 Å². The summed E-state index contributed by atoms with van der Waals surface area (Å²) in [4.78, 5) is 8.69. The first-order valence-electron chi connectivity index (χ1n) is 7.48. The van der Waals surface area contributed by atoms with E-state index in [9.17, 15) is 0 Å². The van der Waals surface area contributed by atoms with Gasteiger partial charge in [0.2, 0.25) is 5.95 Å². The van der Waals surface area contributed by atoms with Crippen molar-refractivity contribution in [2.24, 2.45) is 11.7 Å². The minimum Gasteiger partial charge on any atom is -0.397 e. The molecule has 0 bridgehead atoms. The van der Waals surface area contributed by atoms with Crippen LogP contribution in [-0.4, -0.2) is 9.97 Å². The van der Waals surface area contributed by atoms with Gasteiger partial charge in [-0.3, -0.25) is 11.7 Å². The van der Waals surface area contributed by atoms with E-state index in [1.165, 1.54) is 0 Å². The molecule has 25 heavy (non-hydrogen) atoms. The summed E-state index contributed by atoms with van der Waals surface area (Å²) in [5.74, 6) is 11.9. The third kappa shape index (κ3) is 3.86. The summed E-state index contributed by atoms with van der Waals surface area (Å²) < 4.78 is 0. The molecule has 0 radical (unpaired) electrons. The largest absolute Gasteiger partial charge is 0.397 e. The summed E-state index contributed by atoms with van der Waals surface area (Å²) in [6.45, 7) is 0. The molecule has 0 atom stereocenters. The van der Waals surface area contributed by atoms with Gasteiger partial charge in [0.25, 0.3) is 0 Å². The SMILES string of the molecule is NNc1cc(Nc2ncc(NN)c(Nc3ccccc3)n2)ccc1N. The third-order valence-corrected chi connectivity index (χ3v) is 3.45. The lowest BCUT2D eigenvalue weighted by atomic mass is 10.2. The van der Waals surface area contributed by atoms with E-state index in [-0.39, 0.29) is 0 Å². The van der Waals surface area contributed by atoms with Gasteiger partial charge in [0, 0.05) is 11.4 Å². The van der Waals surface area contributed by atoms with Crippen molar-refractivity contribution in [1.29, 1.82) is 0 Å². The van der Waals surface area contributed by atoms with Gasteiger partial charge in [-0.2, -0.15) is 4.98 Å². The number of hydrazine groups is 2. The Morgan fingerprint density at radius 2 is 1.56 bits per heavy atom. The number of aromatic nitrogens is 2. The maximum atomic E-state index is 5.81. The van der Waals surface area contributed by atoms with Crippen LogP contribution in [0.2, 0.25) is 0 Å². The molecule has 0 aliphatic carbocycles. The second kappa shape index (κ2) is 7.34. The van der Waals surface area contributed by atoms with Gasteiger partial charge in [-0.15, -0.1) is 0 Å². The molecule has 9 heteroatoms. The number of para-hydroxylation sites is 1. The van der Waals surface area contributed by atoms with Gasteiger partial charge in [-0.05, 0) is 30.3 Å². The van der Waals surface area contributed by atoms with Crippen LogP contribution < -0.4 is 38.9 Å². The van der Waals surface area contributed by atoms with Gasteiger partial charge in [-0.25, -0.2) is 4.98 Å². The third-order valence-electron chi connectivity index (χ3n) is 3.45. The number of rotatable bonds is 6. The fraction of sp³-hybridized carbons (Fsp3) is 0. The van der Waals surface area contributed by atoms with Crippen LogP contribution in [0.4, 0.5) is 40.2 Å². The molecule has 9 nitrogen and oxygen atoms in total. The first-order chi connectivity index (χ1) is 12.2. The lowest BCUT2D eigenvalue weighted by Gasteiger charge is -2.13. The molecule has 3 rings (SSSR count). The fourth-order valence-electron chi connectivity index (χ4n) is 2.19. The van der Waals surface area contributed by atoms with Crippen LogP contribution in [0.3, 0.4) is 0 Å². The van der Waals surface area contributed by atoms with E-state index in [0.29, 0.717) is 28.8 Å². The summed E-state index contributed by atoms with van der Waals surface area (Å²) in [5.41, 5.74) is 14.3. The van der Waals surface area contributed by atoms with Gasteiger partial charge >= 0.3 is 0 Å². The fourth-order valence-corrected chi connectivity index (χ4v) is 2.19. The number of nitrogens with zero attached hydrogens (tertiary/aromatic N) is 2. The molecule has 128 valence electrons. The van der Waals surface area contributed by atoms with E-state index in [1.54, 1.807) is 24.4 Å². The molecule has 0 saturated carbocycles. The number of anilines is 7. The summed E-state index contributed by atoms with van der Waals surface area (Å²) in [7, 11) is 0. The molecule has 0 spiro atoms. The highest BCUT2D eigenvalue weighted by Gasteiger charge is 2.08.